The van der Waals surface area contributed by atoms with Crippen molar-refractivity contribution in [3.8, 4) is 11.5 Å². The molecule has 0 aliphatic carbocycles. The van der Waals surface area contributed by atoms with Crippen molar-refractivity contribution in [3.63, 3.8) is 0 Å². The van der Waals surface area contributed by atoms with Crippen LogP contribution in [0.15, 0.2) is 42.5 Å². The normalized spacial score (nSPS) is 16.4. The van der Waals surface area contributed by atoms with Gasteiger partial charge in [0.25, 0.3) is 0 Å². The third-order valence-corrected chi connectivity index (χ3v) is 3.40. The Morgan fingerprint density at radius 2 is 2.15 bits per heavy atom. The van der Waals surface area contributed by atoms with Crippen LogP contribution < -0.4 is 14.8 Å². The number of hydrogen-bond acceptors (Lipinski definition) is 3. The number of hydrogen-bond donors (Lipinski definition) is 1. The summed E-state index contributed by atoms with van der Waals surface area (Å²) in [7, 11) is 1.46. The van der Waals surface area contributed by atoms with Gasteiger partial charge in [-0.3, -0.25) is 0 Å². The molecule has 0 fully saturated rings. The number of methoxy groups -OCH3 is 1. The molecule has 0 bridgehead atoms. The van der Waals surface area contributed by atoms with Gasteiger partial charge in [0.1, 0.15) is 11.9 Å². The van der Waals surface area contributed by atoms with Crippen LogP contribution in [0.25, 0.3) is 0 Å². The number of anilines is 1. The molecule has 1 heterocycles. The predicted molar refractivity (Wildman–Crippen MR) is 76.0 cm³/mol. The van der Waals surface area contributed by atoms with E-state index in [1.54, 1.807) is 12.1 Å². The Morgan fingerprint density at radius 1 is 1.30 bits per heavy atom. The minimum absolute atomic E-state index is 0.100. The molecule has 2 aromatic carbocycles. The van der Waals surface area contributed by atoms with E-state index in [1.165, 1.54) is 18.7 Å². The minimum atomic E-state index is -0.359. The lowest BCUT2D eigenvalue weighted by molar-refractivity contribution is 0.246. The van der Waals surface area contributed by atoms with E-state index in [4.69, 9.17) is 9.47 Å². The number of ether oxygens (including phenoxy) is 2. The van der Waals surface area contributed by atoms with Gasteiger partial charge in [-0.25, -0.2) is 4.39 Å². The fourth-order valence-corrected chi connectivity index (χ4v) is 2.37. The van der Waals surface area contributed by atoms with E-state index in [2.05, 4.69) is 11.4 Å². The molecule has 3 nitrogen and oxygen atoms in total. The Labute approximate surface area is 117 Å². The van der Waals surface area contributed by atoms with Gasteiger partial charge in [-0.05, 0) is 23.8 Å². The summed E-state index contributed by atoms with van der Waals surface area (Å²) < 4.78 is 24.1. The van der Waals surface area contributed by atoms with Gasteiger partial charge in [0, 0.05) is 18.2 Å². The van der Waals surface area contributed by atoms with Gasteiger partial charge in [0.2, 0.25) is 0 Å². The number of benzene rings is 2. The maximum Gasteiger partial charge on any atom is 0.165 e. The van der Waals surface area contributed by atoms with Crippen molar-refractivity contribution in [2.75, 3.05) is 19.0 Å². The van der Waals surface area contributed by atoms with Crippen molar-refractivity contribution >= 4 is 5.69 Å². The average molecular weight is 273 g/mol. The number of rotatable bonds is 4. The van der Waals surface area contributed by atoms with E-state index >= 15 is 0 Å². The van der Waals surface area contributed by atoms with Crippen LogP contribution >= 0.6 is 0 Å². The van der Waals surface area contributed by atoms with Crippen LogP contribution in [0.5, 0.6) is 11.5 Å². The fraction of sp³-hybridized carbons (Fsp3) is 0.250. The second-order valence-electron chi connectivity index (χ2n) is 4.78. The van der Waals surface area contributed by atoms with Crippen molar-refractivity contribution in [1.82, 2.24) is 0 Å². The molecule has 0 radical (unpaired) electrons. The van der Waals surface area contributed by atoms with Crippen molar-refractivity contribution in [2.45, 2.75) is 12.5 Å². The zero-order chi connectivity index (χ0) is 13.9. The summed E-state index contributed by atoms with van der Waals surface area (Å²) >= 11 is 0. The van der Waals surface area contributed by atoms with E-state index in [1.807, 2.05) is 18.2 Å². The molecule has 2 aromatic rings. The zero-order valence-corrected chi connectivity index (χ0v) is 11.2. The van der Waals surface area contributed by atoms with Crippen molar-refractivity contribution in [1.29, 1.82) is 0 Å². The van der Waals surface area contributed by atoms with Crippen LogP contribution in [-0.2, 0) is 6.42 Å². The molecule has 4 heteroatoms. The first kappa shape index (κ1) is 12.8. The molecule has 0 saturated heterocycles. The Hall–Kier alpha value is -2.23. The fourth-order valence-electron chi connectivity index (χ4n) is 2.37. The summed E-state index contributed by atoms with van der Waals surface area (Å²) in [5.41, 5.74) is 2.05. The first-order chi connectivity index (χ1) is 9.76. The standard InChI is InChI=1S/C16H16FNO2/c1-19-16-9-12(6-7-14(16)17)18-10-13-8-11-4-2-3-5-15(11)20-13/h2-7,9,13,18H,8,10H2,1H3. The molecule has 3 rings (SSSR count). The summed E-state index contributed by atoms with van der Waals surface area (Å²) in [4.78, 5) is 0. The van der Waals surface area contributed by atoms with E-state index < -0.39 is 0 Å². The van der Waals surface area contributed by atoms with Crippen LogP contribution in [0.2, 0.25) is 0 Å². The number of fused-ring (bicyclic) bond motifs is 1. The molecule has 1 aliphatic rings. The second-order valence-corrected chi connectivity index (χ2v) is 4.78. The minimum Gasteiger partial charge on any atom is -0.494 e. The smallest absolute Gasteiger partial charge is 0.165 e. The van der Waals surface area contributed by atoms with Gasteiger partial charge in [-0.15, -0.1) is 0 Å². The third-order valence-electron chi connectivity index (χ3n) is 3.40. The van der Waals surface area contributed by atoms with Gasteiger partial charge in [-0.1, -0.05) is 18.2 Å². The number of nitrogens with one attached hydrogen (secondary N) is 1. The maximum atomic E-state index is 13.3. The van der Waals surface area contributed by atoms with Crippen molar-refractivity contribution in [3.05, 3.63) is 53.8 Å². The first-order valence-corrected chi connectivity index (χ1v) is 6.58. The molecule has 1 unspecified atom stereocenters. The van der Waals surface area contributed by atoms with Crippen LogP contribution in [0.3, 0.4) is 0 Å². The van der Waals surface area contributed by atoms with E-state index in [-0.39, 0.29) is 17.7 Å². The van der Waals surface area contributed by atoms with Gasteiger partial charge in [0.05, 0.1) is 13.7 Å². The molecule has 0 amide bonds. The van der Waals surface area contributed by atoms with Gasteiger partial charge >= 0.3 is 0 Å². The van der Waals surface area contributed by atoms with Gasteiger partial charge in [0.15, 0.2) is 11.6 Å². The van der Waals surface area contributed by atoms with Crippen LogP contribution in [0.1, 0.15) is 5.56 Å². The van der Waals surface area contributed by atoms with Crippen LogP contribution in [0, 0.1) is 5.82 Å². The Kier molecular flexibility index (Phi) is 3.46. The number of halogens is 1. The zero-order valence-electron chi connectivity index (χ0n) is 11.2. The monoisotopic (exact) mass is 273 g/mol. The second kappa shape index (κ2) is 5.41. The molecule has 104 valence electrons. The summed E-state index contributed by atoms with van der Waals surface area (Å²) in [5, 5.41) is 3.25. The molecule has 0 aromatic heterocycles. The quantitative estimate of drug-likeness (QED) is 0.927. The predicted octanol–water partition coefficient (Wildman–Crippen LogP) is 3.25. The van der Waals surface area contributed by atoms with Crippen LogP contribution in [-0.4, -0.2) is 19.8 Å². The topological polar surface area (TPSA) is 30.5 Å². The lowest BCUT2D eigenvalue weighted by Crippen LogP contribution is -2.23. The van der Waals surface area contributed by atoms with E-state index in [9.17, 15) is 4.39 Å². The lowest BCUT2D eigenvalue weighted by atomic mass is 10.1. The summed E-state index contributed by atoms with van der Waals surface area (Å²) in [5.74, 6) is 0.837. The summed E-state index contributed by atoms with van der Waals surface area (Å²) in [6, 6.07) is 12.8. The maximum absolute atomic E-state index is 13.3. The van der Waals surface area contributed by atoms with Crippen molar-refractivity contribution in [2.24, 2.45) is 0 Å². The lowest BCUT2D eigenvalue weighted by Gasteiger charge is -2.13. The Balaban J connectivity index is 1.61. The molecule has 20 heavy (non-hydrogen) atoms. The molecule has 1 atom stereocenters. The molecule has 1 N–H and O–H groups in total. The highest BCUT2D eigenvalue weighted by molar-refractivity contribution is 5.49. The van der Waals surface area contributed by atoms with E-state index in [0.717, 1.165) is 17.9 Å². The van der Waals surface area contributed by atoms with Crippen molar-refractivity contribution < 1.29 is 13.9 Å². The Bertz CT molecular complexity index is 590. The number of para-hydroxylation sites is 1. The summed E-state index contributed by atoms with van der Waals surface area (Å²) in [6.07, 6.45) is 0.991. The van der Waals surface area contributed by atoms with Crippen LogP contribution in [0.4, 0.5) is 10.1 Å². The molecular weight excluding hydrogens is 257 g/mol. The Morgan fingerprint density at radius 3 is 2.95 bits per heavy atom. The third kappa shape index (κ3) is 2.54. The van der Waals surface area contributed by atoms with Gasteiger partial charge < -0.3 is 14.8 Å². The highest BCUT2D eigenvalue weighted by atomic mass is 19.1. The van der Waals surface area contributed by atoms with E-state index in [0.29, 0.717) is 6.54 Å². The average Bonchev–Trinajstić information content (AvgIpc) is 2.89. The molecular formula is C16H16FNO2. The molecule has 1 aliphatic heterocycles. The largest absolute Gasteiger partial charge is 0.494 e. The highest BCUT2D eigenvalue weighted by Gasteiger charge is 2.21. The van der Waals surface area contributed by atoms with Gasteiger partial charge in [-0.2, -0.15) is 0 Å². The highest BCUT2D eigenvalue weighted by Crippen LogP contribution is 2.28. The molecule has 0 spiro atoms. The SMILES string of the molecule is COc1cc(NCC2Cc3ccccc3O2)ccc1F. The molecule has 0 saturated carbocycles. The summed E-state index contributed by atoms with van der Waals surface area (Å²) in [6.45, 7) is 0.670. The first-order valence-electron chi connectivity index (χ1n) is 6.58.